The van der Waals surface area contributed by atoms with Gasteiger partial charge in [0, 0.05) is 11.3 Å². The highest BCUT2D eigenvalue weighted by Crippen LogP contribution is 2.25. The predicted molar refractivity (Wildman–Crippen MR) is 109 cm³/mol. The lowest BCUT2D eigenvalue weighted by atomic mass is 10.1. The molecule has 3 aromatic rings. The summed E-state index contributed by atoms with van der Waals surface area (Å²) < 4.78 is 4.64. The molecule has 2 amide bonds. The molecule has 0 aliphatic carbocycles. The third-order valence-electron chi connectivity index (χ3n) is 3.79. The summed E-state index contributed by atoms with van der Waals surface area (Å²) in [5, 5.41) is 7.55. The number of methoxy groups -OCH3 is 1. The minimum Gasteiger partial charge on any atom is -0.465 e. The highest BCUT2D eigenvalue weighted by atomic mass is 35.5. The van der Waals surface area contributed by atoms with Crippen LogP contribution < -0.4 is 10.6 Å². The molecule has 0 aliphatic heterocycles. The molecule has 0 saturated heterocycles. The number of carbonyl (C=O) groups is 3. The van der Waals surface area contributed by atoms with Crippen molar-refractivity contribution in [2.75, 3.05) is 17.7 Å². The molecule has 8 heteroatoms. The van der Waals surface area contributed by atoms with Crippen LogP contribution in [0.1, 0.15) is 30.4 Å². The van der Waals surface area contributed by atoms with E-state index < -0.39 is 5.97 Å². The van der Waals surface area contributed by atoms with Crippen molar-refractivity contribution < 1.29 is 19.1 Å². The van der Waals surface area contributed by atoms with Crippen LogP contribution in [0.15, 0.2) is 60.0 Å². The third kappa shape index (κ3) is 4.57. The summed E-state index contributed by atoms with van der Waals surface area (Å²) in [6, 6.07) is 14.4. The normalized spacial score (nSPS) is 10.2. The lowest BCUT2D eigenvalue weighted by Crippen LogP contribution is -2.14. The zero-order valence-electron chi connectivity index (χ0n) is 14.7. The molecule has 0 bridgehead atoms. The maximum atomic E-state index is 12.5. The quantitative estimate of drug-likeness (QED) is 0.593. The number of halogens is 1. The van der Waals surface area contributed by atoms with E-state index in [9.17, 15) is 14.4 Å². The molecule has 6 nitrogen and oxygen atoms in total. The van der Waals surface area contributed by atoms with Crippen LogP contribution >= 0.6 is 22.9 Å². The first kappa shape index (κ1) is 19.6. The first-order chi connectivity index (χ1) is 13.5. The SMILES string of the molecule is COC(=O)c1ccc(NC(=O)c2ccc(Cl)c(NC(=O)c3cccs3)c2)cc1. The van der Waals surface area contributed by atoms with Gasteiger partial charge in [0.25, 0.3) is 11.8 Å². The minimum absolute atomic E-state index is 0.298. The van der Waals surface area contributed by atoms with Gasteiger partial charge in [-0.15, -0.1) is 11.3 Å². The van der Waals surface area contributed by atoms with Crippen LogP contribution in [0, 0.1) is 0 Å². The van der Waals surface area contributed by atoms with E-state index >= 15 is 0 Å². The lowest BCUT2D eigenvalue weighted by molar-refractivity contribution is 0.0600. The Hall–Kier alpha value is -3.16. The maximum Gasteiger partial charge on any atom is 0.337 e. The second kappa shape index (κ2) is 8.69. The van der Waals surface area contributed by atoms with Crippen LogP contribution in [-0.4, -0.2) is 24.9 Å². The molecule has 0 aliphatic rings. The van der Waals surface area contributed by atoms with E-state index in [1.165, 1.54) is 24.5 Å². The molecule has 2 aromatic carbocycles. The van der Waals surface area contributed by atoms with Crippen LogP contribution in [0.5, 0.6) is 0 Å². The Balaban J connectivity index is 1.73. The van der Waals surface area contributed by atoms with E-state index in [0.29, 0.717) is 32.4 Å². The molecule has 0 fully saturated rings. The van der Waals surface area contributed by atoms with Crippen LogP contribution in [0.3, 0.4) is 0 Å². The number of esters is 1. The number of thiophene rings is 1. The number of carbonyl (C=O) groups excluding carboxylic acids is 3. The van der Waals surface area contributed by atoms with Gasteiger partial charge in [-0.3, -0.25) is 9.59 Å². The molecule has 0 radical (unpaired) electrons. The Morgan fingerprint density at radius 3 is 2.29 bits per heavy atom. The molecule has 0 atom stereocenters. The first-order valence-electron chi connectivity index (χ1n) is 8.12. The van der Waals surface area contributed by atoms with E-state index in [-0.39, 0.29) is 11.8 Å². The van der Waals surface area contributed by atoms with Crippen LogP contribution in [-0.2, 0) is 4.74 Å². The van der Waals surface area contributed by atoms with Gasteiger partial charge in [0.1, 0.15) is 0 Å². The summed E-state index contributed by atoms with van der Waals surface area (Å²) in [4.78, 5) is 36.7. The first-order valence-corrected chi connectivity index (χ1v) is 9.38. The molecular weight excluding hydrogens is 400 g/mol. The largest absolute Gasteiger partial charge is 0.465 e. The fourth-order valence-electron chi connectivity index (χ4n) is 2.36. The van der Waals surface area contributed by atoms with Crippen LogP contribution in [0.25, 0.3) is 0 Å². The third-order valence-corrected chi connectivity index (χ3v) is 4.98. The van der Waals surface area contributed by atoms with Gasteiger partial charge in [-0.1, -0.05) is 17.7 Å². The zero-order valence-corrected chi connectivity index (χ0v) is 16.3. The Kier molecular flexibility index (Phi) is 6.08. The zero-order chi connectivity index (χ0) is 20.1. The number of amides is 2. The highest BCUT2D eigenvalue weighted by Gasteiger charge is 2.13. The number of rotatable bonds is 5. The van der Waals surface area contributed by atoms with Gasteiger partial charge in [-0.05, 0) is 53.9 Å². The summed E-state index contributed by atoms with van der Waals surface area (Å²) in [5.41, 5.74) is 1.55. The van der Waals surface area contributed by atoms with Gasteiger partial charge in [-0.2, -0.15) is 0 Å². The number of anilines is 2. The second-order valence-corrected chi connectivity index (χ2v) is 7.00. The summed E-state index contributed by atoms with van der Waals surface area (Å²) in [5.74, 6) is -1.14. The molecule has 0 saturated carbocycles. The van der Waals surface area contributed by atoms with Crippen molar-refractivity contribution in [2.45, 2.75) is 0 Å². The summed E-state index contributed by atoms with van der Waals surface area (Å²) in [6.07, 6.45) is 0. The van der Waals surface area contributed by atoms with E-state index in [1.807, 2.05) is 0 Å². The number of hydrogen-bond acceptors (Lipinski definition) is 5. The number of ether oxygens (including phenoxy) is 1. The molecule has 0 spiro atoms. The van der Waals surface area contributed by atoms with Crippen molar-refractivity contribution in [3.8, 4) is 0 Å². The molecule has 1 aromatic heterocycles. The van der Waals surface area contributed by atoms with Gasteiger partial charge < -0.3 is 15.4 Å². The van der Waals surface area contributed by atoms with Crippen molar-refractivity contribution in [3.05, 3.63) is 81.0 Å². The lowest BCUT2D eigenvalue weighted by Gasteiger charge is -2.10. The molecular formula is C20H15ClN2O4S. The fraction of sp³-hybridized carbons (Fsp3) is 0.0500. The molecule has 142 valence electrons. The number of hydrogen-bond donors (Lipinski definition) is 2. The van der Waals surface area contributed by atoms with Crippen molar-refractivity contribution in [1.82, 2.24) is 0 Å². The molecule has 1 heterocycles. The molecule has 2 N–H and O–H groups in total. The molecule has 28 heavy (non-hydrogen) atoms. The van der Waals surface area contributed by atoms with Gasteiger partial charge in [0.05, 0.1) is 28.3 Å². The molecule has 3 rings (SSSR count). The van der Waals surface area contributed by atoms with E-state index in [1.54, 1.807) is 53.9 Å². The van der Waals surface area contributed by atoms with Crippen molar-refractivity contribution in [2.24, 2.45) is 0 Å². The van der Waals surface area contributed by atoms with Gasteiger partial charge in [0.15, 0.2) is 0 Å². The van der Waals surface area contributed by atoms with E-state index in [4.69, 9.17) is 11.6 Å². The second-order valence-electron chi connectivity index (χ2n) is 5.65. The summed E-state index contributed by atoms with van der Waals surface area (Å²) in [7, 11) is 1.30. The van der Waals surface area contributed by atoms with Gasteiger partial charge in [-0.25, -0.2) is 4.79 Å². The fourth-order valence-corrected chi connectivity index (χ4v) is 3.15. The van der Waals surface area contributed by atoms with Crippen LogP contribution in [0.4, 0.5) is 11.4 Å². The summed E-state index contributed by atoms with van der Waals surface area (Å²) >= 11 is 7.45. The van der Waals surface area contributed by atoms with E-state index in [0.717, 1.165) is 0 Å². The average molecular weight is 415 g/mol. The van der Waals surface area contributed by atoms with Crippen LogP contribution in [0.2, 0.25) is 5.02 Å². The van der Waals surface area contributed by atoms with E-state index in [2.05, 4.69) is 15.4 Å². The maximum absolute atomic E-state index is 12.5. The number of benzene rings is 2. The Morgan fingerprint density at radius 1 is 0.929 bits per heavy atom. The predicted octanol–water partition coefficient (Wildman–Crippen LogP) is 4.69. The molecule has 0 unspecified atom stereocenters. The van der Waals surface area contributed by atoms with Crippen molar-refractivity contribution >= 4 is 52.1 Å². The summed E-state index contributed by atoms with van der Waals surface area (Å²) in [6.45, 7) is 0. The Labute approximate surface area is 170 Å². The van der Waals surface area contributed by atoms with Crippen molar-refractivity contribution in [1.29, 1.82) is 0 Å². The standard InChI is InChI=1S/C20H15ClN2O4S/c1-27-20(26)12-4-7-14(8-5-12)22-18(24)13-6-9-15(21)16(11-13)23-19(25)17-3-2-10-28-17/h2-11H,1H3,(H,22,24)(H,23,25). The van der Waals surface area contributed by atoms with Gasteiger partial charge >= 0.3 is 5.97 Å². The smallest absolute Gasteiger partial charge is 0.337 e. The Bertz CT molecular complexity index is 1020. The highest BCUT2D eigenvalue weighted by molar-refractivity contribution is 7.12. The monoisotopic (exact) mass is 414 g/mol. The average Bonchev–Trinajstić information content (AvgIpc) is 3.24. The van der Waals surface area contributed by atoms with Crippen molar-refractivity contribution in [3.63, 3.8) is 0 Å². The number of nitrogens with one attached hydrogen (secondary N) is 2. The van der Waals surface area contributed by atoms with Gasteiger partial charge in [0.2, 0.25) is 0 Å². The Morgan fingerprint density at radius 2 is 1.64 bits per heavy atom. The topological polar surface area (TPSA) is 84.5 Å². The minimum atomic E-state index is -0.457.